The van der Waals surface area contributed by atoms with Crippen molar-refractivity contribution in [3.05, 3.63) is 28.0 Å². The molecule has 0 saturated heterocycles. The summed E-state index contributed by atoms with van der Waals surface area (Å²) in [6.07, 6.45) is 6.12. The lowest BCUT2D eigenvalue weighted by Gasteiger charge is -2.33. The highest BCUT2D eigenvalue weighted by Crippen LogP contribution is 2.32. The molecule has 0 aliphatic heterocycles. The number of halogens is 2. The fourth-order valence-corrected chi connectivity index (χ4v) is 3.17. The minimum absolute atomic E-state index is 0.189. The van der Waals surface area contributed by atoms with Crippen LogP contribution < -0.4 is 10.6 Å². The van der Waals surface area contributed by atoms with Gasteiger partial charge >= 0.3 is 0 Å². The average Bonchev–Trinajstić information content (AvgIpc) is 2.42. The molecule has 2 N–H and O–H groups in total. The molecule has 1 aliphatic carbocycles. The lowest BCUT2D eigenvalue weighted by atomic mass is 9.94. The van der Waals surface area contributed by atoms with Crippen molar-refractivity contribution in [2.45, 2.75) is 44.7 Å². The van der Waals surface area contributed by atoms with Crippen molar-refractivity contribution in [2.24, 2.45) is 5.73 Å². The highest BCUT2D eigenvalue weighted by Gasteiger charge is 2.22. The van der Waals surface area contributed by atoms with Gasteiger partial charge in [-0.3, -0.25) is 0 Å². The fourth-order valence-electron chi connectivity index (χ4n) is 2.67. The van der Waals surface area contributed by atoms with Gasteiger partial charge in [0.2, 0.25) is 0 Å². The van der Waals surface area contributed by atoms with Crippen molar-refractivity contribution in [1.29, 1.82) is 0 Å². The van der Waals surface area contributed by atoms with E-state index >= 15 is 0 Å². The summed E-state index contributed by atoms with van der Waals surface area (Å²) in [6.45, 7) is 0.352. The zero-order valence-corrected chi connectivity index (χ0v) is 12.3. The SMILES string of the molecule is CN(c1ccc(CN)c(Br)c1F)C1CCCCC1. The Kier molecular flexibility index (Phi) is 4.62. The van der Waals surface area contributed by atoms with Crippen molar-refractivity contribution in [3.8, 4) is 0 Å². The molecular weight excluding hydrogens is 295 g/mol. The van der Waals surface area contributed by atoms with Crippen molar-refractivity contribution in [3.63, 3.8) is 0 Å². The molecule has 1 aromatic rings. The first-order chi connectivity index (χ1) is 8.65. The van der Waals surface area contributed by atoms with E-state index < -0.39 is 0 Å². The maximum Gasteiger partial charge on any atom is 0.160 e. The Hall–Kier alpha value is -0.610. The van der Waals surface area contributed by atoms with Crippen LogP contribution in [0.25, 0.3) is 0 Å². The van der Waals surface area contributed by atoms with Crippen LogP contribution in [-0.4, -0.2) is 13.1 Å². The molecule has 1 saturated carbocycles. The molecule has 0 aromatic heterocycles. The van der Waals surface area contributed by atoms with E-state index in [-0.39, 0.29) is 5.82 Å². The molecule has 2 rings (SSSR count). The van der Waals surface area contributed by atoms with Crippen LogP contribution in [0.3, 0.4) is 0 Å². The van der Waals surface area contributed by atoms with Gasteiger partial charge in [0, 0.05) is 19.6 Å². The van der Waals surface area contributed by atoms with Crippen LogP contribution in [0.1, 0.15) is 37.7 Å². The van der Waals surface area contributed by atoms with E-state index in [1.165, 1.54) is 19.3 Å². The Balaban J connectivity index is 2.24. The molecule has 1 aliphatic rings. The maximum absolute atomic E-state index is 14.3. The summed E-state index contributed by atoms with van der Waals surface area (Å²) in [6, 6.07) is 4.21. The Morgan fingerprint density at radius 3 is 2.61 bits per heavy atom. The first kappa shape index (κ1) is 13.8. The first-order valence-corrected chi connectivity index (χ1v) is 7.34. The summed E-state index contributed by atoms with van der Waals surface area (Å²) in [4.78, 5) is 2.08. The third-order valence-corrected chi connectivity index (χ3v) is 4.72. The highest BCUT2D eigenvalue weighted by molar-refractivity contribution is 9.10. The second kappa shape index (κ2) is 6.02. The highest BCUT2D eigenvalue weighted by atomic mass is 79.9. The molecule has 0 amide bonds. The number of hydrogen-bond donors (Lipinski definition) is 1. The van der Waals surface area contributed by atoms with Crippen LogP contribution in [0.15, 0.2) is 16.6 Å². The molecular formula is C14H20BrFN2. The Morgan fingerprint density at radius 2 is 2.00 bits per heavy atom. The van der Waals surface area contributed by atoms with E-state index in [4.69, 9.17) is 5.73 Å². The van der Waals surface area contributed by atoms with Gasteiger partial charge in [-0.1, -0.05) is 25.3 Å². The molecule has 0 unspecified atom stereocenters. The van der Waals surface area contributed by atoms with Gasteiger partial charge in [0.15, 0.2) is 5.82 Å². The summed E-state index contributed by atoms with van der Waals surface area (Å²) in [5.41, 5.74) is 7.06. The van der Waals surface area contributed by atoms with Crippen LogP contribution in [0.2, 0.25) is 0 Å². The molecule has 2 nitrogen and oxygen atoms in total. The van der Waals surface area contributed by atoms with Gasteiger partial charge < -0.3 is 10.6 Å². The molecule has 100 valence electrons. The summed E-state index contributed by atoms with van der Waals surface area (Å²) < 4.78 is 14.8. The van der Waals surface area contributed by atoms with Gasteiger partial charge in [0.05, 0.1) is 10.2 Å². The van der Waals surface area contributed by atoms with Crippen LogP contribution in [0, 0.1) is 5.82 Å². The molecule has 0 heterocycles. The molecule has 1 aromatic carbocycles. The van der Waals surface area contributed by atoms with E-state index in [1.807, 2.05) is 19.2 Å². The van der Waals surface area contributed by atoms with Crippen molar-refractivity contribution < 1.29 is 4.39 Å². The van der Waals surface area contributed by atoms with E-state index in [2.05, 4.69) is 20.8 Å². The largest absolute Gasteiger partial charge is 0.369 e. The van der Waals surface area contributed by atoms with Crippen LogP contribution >= 0.6 is 15.9 Å². The topological polar surface area (TPSA) is 29.3 Å². The molecule has 1 fully saturated rings. The van der Waals surface area contributed by atoms with Gasteiger partial charge in [-0.05, 0) is 40.4 Å². The van der Waals surface area contributed by atoms with Crippen molar-refractivity contribution >= 4 is 21.6 Å². The van der Waals surface area contributed by atoms with E-state index in [9.17, 15) is 4.39 Å². The Labute approximate surface area is 116 Å². The Morgan fingerprint density at radius 1 is 1.33 bits per heavy atom. The zero-order valence-electron chi connectivity index (χ0n) is 10.8. The van der Waals surface area contributed by atoms with Gasteiger partial charge in [-0.25, -0.2) is 4.39 Å². The summed E-state index contributed by atoms with van der Waals surface area (Å²) in [5, 5.41) is 0. The predicted octanol–water partition coefficient (Wildman–Crippen LogP) is 3.82. The minimum Gasteiger partial charge on any atom is -0.369 e. The Bertz CT molecular complexity index is 417. The molecule has 4 heteroatoms. The third kappa shape index (κ3) is 2.69. The molecule has 18 heavy (non-hydrogen) atoms. The summed E-state index contributed by atoms with van der Waals surface area (Å²) in [7, 11) is 1.99. The van der Waals surface area contributed by atoms with Gasteiger partial charge in [-0.2, -0.15) is 0 Å². The molecule has 0 spiro atoms. The number of rotatable bonds is 3. The van der Waals surface area contributed by atoms with Crippen LogP contribution in [-0.2, 0) is 6.54 Å². The predicted molar refractivity (Wildman–Crippen MR) is 77.3 cm³/mol. The van der Waals surface area contributed by atoms with Gasteiger partial charge in [0.1, 0.15) is 0 Å². The minimum atomic E-state index is -0.189. The summed E-state index contributed by atoms with van der Waals surface area (Å²) >= 11 is 3.30. The summed E-state index contributed by atoms with van der Waals surface area (Å²) in [5.74, 6) is -0.189. The normalized spacial score (nSPS) is 16.9. The van der Waals surface area contributed by atoms with Crippen LogP contribution in [0.4, 0.5) is 10.1 Å². The van der Waals surface area contributed by atoms with Gasteiger partial charge in [-0.15, -0.1) is 0 Å². The van der Waals surface area contributed by atoms with Crippen molar-refractivity contribution in [2.75, 3.05) is 11.9 Å². The second-order valence-electron chi connectivity index (χ2n) is 4.98. The zero-order chi connectivity index (χ0) is 13.1. The first-order valence-electron chi connectivity index (χ1n) is 6.55. The monoisotopic (exact) mass is 314 g/mol. The quantitative estimate of drug-likeness (QED) is 0.919. The number of nitrogens with zero attached hydrogens (tertiary/aromatic N) is 1. The number of nitrogens with two attached hydrogens (primary N) is 1. The van der Waals surface area contributed by atoms with E-state index in [0.29, 0.717) is 22.7 Å². The second-order valence-corrected chi connectivity index (χ2v) is 5.77. The fraction of sp³-hybridized carbons (Fsp3) is 0.571. The third-order valence-electron chi connectivity index (χ3n) is 3.86. The lowest BCUT2D eigenvalue weighted by Crippen LogP contribution is -2.34. The van der Waals surface area contributed by atoms with E-state index in [1.54, 1.807) is 0 Å². The number of hydrogen-bond acceptors (Lipinski definition) is 2. The number of anilines is 1. The molecule has 0 bridgehead atoms. The standard InChI is InChI=1S/C14H20BrFN2/c1-18(11-5-3-2-4-6-11)12-8-7-10(9-17)13(15)14(12)16/h7-8,11H,2-6,9,17H2,1H3. The molecule has 0 atom stereocenters. The molecule has 0 radical (unpaired) electrons. The average molecular weight is 315 g/mol. The lowest BCUT2D eigenvalue weighted by molar-refractivity contribution is 0.424. The van der Waals surface area contributed by atoms with E-state index in [0.717, 1.165) is 18.4 Å². The number of benzene rings is 1. The van der Waals surface area contributed by atoms with Gasteiger partial charge in [0.25, 0.3) is 0 Å². The smallest absolute Gasteiger partial charge is 0.160 e. The maximum atomic E-state index is 14.3. The van der Waals surface area contributed by atoms with Crippen LogP contribution in [0.5, 0.6) is 0 Å². The van der Waals surface area contributed by atoms with Crippen molar-refractivity contribution in [1.82, 2.24) is 0 Å².